The summed E-state index contributed by atoms with van der Waals surface area (Å²) in [5.74, 6) is -0.351. The Kier molecular flexibility index (Phi) is 6.87. The van der Waals surface area contributed by atoms with Crippen LogP contribution < -0.4 is 0 Å². The SMILES string of the molecule is CC(C)(C)[S@@](=O)N=C(CC1(O[Si](C)(C)C(C)(C)C)CC1)c1cc(Br)ccc1F. The molecule has 0 bridgehead atoms. The first-order valence-electron chi connectivity index (χ1n) is 9.72. The lowest BCUT2D eigenvalue weighted by molar-refractivity contribution is 0.166. The molecule has 0 spiro atoms. The topological polar surface area (TPSA) is 38.7 Å². The van der Waals surface area contributed by atoms with Crippen molar-refractivity contribution in [2.24, 2.45) is 4.40 Å². The first-order chi connectivity index (χ1) is 12.6. The molecule has 0 unspecified atom stereocenters. The van der Waals surface area contributed by atoms with Crippen LogP contribution >= 0.6 is 15.9 Å². The van der Waals surface area contributed by atoms with Crippen molar-refractivity contribution in [3.8, 4) is 0 Å². The normalized spacial score (nSPS) is 18.9. The fourth-order valence-corrected chi connectivity index (χ4v) is 5.25. The fourth-order valence-electron chi connectivity index (χ4n) is 2.59. The standard InChI is InChI=1S/C21H33BrFNO2SSi/c1-19(2,3)27(25)24-18(16-13-15(22)9-10-17(16)23)14-21(11-12-21)26-28(7,8)20(4,5)6/h9-10,13H,11-12,14H2,1-8H3/t27-/m1/s1. The molecule has 1 fully saturated rings. The van der Waals surface area contributed by atoms with Gasteiger partial charge in [-0.25, -0.2) is 8.60 Å². The van der Waals surface area contributed by atoms with E-state index in [-0.39, 0.29) is 16.5 Å². The second-order valence-corrected chi connectivity index (χ2v) is 17.8. The molecule has 0 aromatic heterocycles. The molecule has 28 heavy (non-hydrogen) atoms. The summed E-state index contributed by atoms with van der Waals surface area (Å²) in [6.07, 6.45) is 2.33. The molecule has 3 nitrogen and oxygen atoms in total. The Hall–Kier alpha value is -0.373. The summed E-state index contributed by atoms with van der Waals surface area (Å²) in [5.41, 5.74) is 0.610. The molecule has 0 amide bonds. The van der Waals surface area contributed by atoms with E-state index in [1.807, 2.05) is 20.8 Å². The highest BCUT2D eigenvalue weighted by Gasteiger charge is 2.52. The van der Waals surface area contributed by atoms with Gasteiger partial charge in [-0.3, -0.25) is 0 Å². The first-order valence-corrected chi connectivity index (χ1v) is 14.5. The van der Waals surface area contributed by atoms with E-state index in [4.69, 9.17) is 4.43 Å². The molecular weight excluding hydrogens is 457 g/mol. The molecule has 0 heterocycles. The maximum atomic E-state index is 14.7. The summed E-state index contributed by atoms with van der Waals surface area (Å²) in [6.45, 7) is 16.7. The lowest BCUT2D eigenvalue weighted by Crippen LogP contribution is -2.45. The number of rotatable bonds is 6. The van der Waals surface area contributed by atoms with Crippen LogP contribution in [0.15, 0.2) is 27.1 Å². The molecule has 1 aliphatic rings. The fraction of sp³-hybridized carbons (Fsp3) is 0.667. The van der Waals surface area contributed by atoms with Gasteiger partial charge in [-0.15, -0.1) is 0 Å². The minimum atomic E-state index is -1.98. The first kappa shape index (κ1) is 23.9. The van der Waals surface area contributed by atoms with Gasteiger partial charge >= 0.3 is 0 Å². The molecule has 0 radical (unpaired) electrons. The van der Waals surface area contributed by atoms with Gasteiger partial charge in [0.05, 0.1) is 16.1 Å². The summed E-state index contributed by atoms with van der Waals surface area (Å²) < 4.78 is 38.9. The smallest absolute Gasteiger partial charge is 0.192 e. The van der Waals surface area contributed by atoms with Crippen LogP contribution in [0, 0.1) is 5.82 Å². The van der Waals surface area contributed by atoms with E-state index in [9.17, 15) is 8.60 Å². The van der Waals surface area contributed by atoms with Crippen molar-refractivity contribution >= 4 is 40.9 Å². The van der Waals surface area contributed by atoms with Crippen molar-refractivity contribution in [2.45, 2.75) is 89.3 Å². The number of hydrogen-bond donors (Lipinski definition) is 0. The summed E-state index contributed by atoms with van der Waals surface area (Å²) in [4.78, 5) is 0. The minimum absolute atomic E-state index is 0.0924. The Morgan fingerprint density at radius 1 is 1.25 bits per heavy atom. The summed E-state index contributed by atoms with van der Waals surface area (Å²) >= 11 is 3.42. The maximum absolute atomic E-state index is 14.7. The Balaban J connectivity index is 2.43. The third-order valence-corrected chi connectivity index (χ3v) is 12.0. The predicted octanol–water partition coefficient (Wildman–Crippen LogP) is 6.78. The van der Waals surface area contributed by atoms with E-state index >= 15 is 0 Å². The number of nitrogens with zero attached hydrogens (tertiary/aromatic N) is 1. The van der Waals surface area contributed by atoms with E-state index in [2.05, 4.69) is 54.2 Å². The second kappa shape index (κ2) is 8.04. The van der Waals surface area contributed by atoms with Crippen LogP contribution in [0.5, 0.6) is 0 Å². The van der Waals surface area contributed by atoms with Gasteiger partial charge in [0.25, 0.3) is 0 Å². The van der Waals surface area contributed by atoms with E-state index < -0.39 is 24.1 Å². The third-order valence-electron chi connectivity index (χ3n) is 5.53. The van der Waals surface area contributed by atoms with Crippen LogP contribution in [0.25, 0.3) is 0 Å². The highest BCUT2D eigenvalue weighted by Crippen LogP contribution is 2.50. The van der Waals surface area contributed by atoms with Crippen LogP contribution in [0.2, 0.25) is 18.1 Å². The summed E-state index contributed by atoms with van der Waals surface area (Å²) in [6, 6.07) is 4.80. The Morgan fingerprint density at radius 3 is 2.29 bits per heavy atom. The van der Waals surface area contributed by atoms with Crippen LogP contribution in [-0.4, -0.2) is 28.6 Å². The summed E-state index contributed by atoms with van der Waals surface area (Å²) in [5, 5.41) is 0.0924. The molecule has 1 aromatic carbocycles. The van der Waals surface area contributed by atoms with E-state index in [1.54, 1.807) is 12.1 Å². The molecule has 0 aliphatic heterocycles. The molecule has 1 aliphatic carbocycles. The molecule has 7 heteroatoms. The van der Waals surface area contributed by atoms with Gasteiger partial charge in [0.1, 0.15) is 16.8 Å². The van der Waals surface area contributed by atoms with Gasteiger partial charge in [0, 0.05) is 16.5 Å². The summed E-state index contributed by atoms with van der Waals surface area (Å²) in [7, 11) is -3.45. The molecule has 2 rings (SSSR count). The van der Waals surface area contributed by atoms with Gasteiger partial charge < -0.3 is 4.43 Å². The highest BCUT2D eigenvalue weighted by molar-refractivity contribution is 9.10. The van der Waals surface area contributed by atoms with Crippen LogP contribution in [-0.2, 0) is 15.4 Å². The Labute approximate surface area is 181 Å². The monoisotopic (exact) mass is 489 g/mol. The van der Waals surface area contributed by atoms with Gasteiger partial charge in [-0.05, 0) is 69.9 Å². The van der Waals surface area contributed by atoms with Crippen LogP contribution in [0.1, 0.15) is 66.4 Å². The molecular formula is C21H33BrFNO2SSi. The van der Waals surface area contributed by atoms with Gasteiger partial charge in [-0.2, -0.15) is 4.40 Å². The Morgan fingerprint density at radius 2 is 1.82 bits per heavy atom. The number of halogens is 2. The number of hydrogen-bond acceptors (Lipinski definition) is 2. The predicted molar refractivity (Wildman–Crippen MR) is 123 cm³/mol. The molecule has 1 saturated carbocycles. The van der Waals surface area contributed by atoms with Gasteiger partial charge in [0.15, 0.2) is 8.32 Å². The maximum Gasteiger partial charge on any atom is 0.192 e. The molecule has 158 valence electrons. The van der Waals surface area contributed by atoms with Crippen molar-refractivity contribution in [3.63, 3.8) is 0 Å². The second-order valence-electron chi connectivity index (χ2n) is 10.2. The van der Waals surface area contributed by atoms with Gasteiger partial charge in [0.2, 0.25) is 0 Å². The zero-order valence-corrected chi connectivity index (χ0v) is 21.7. The van der Waals surface area contributed by atoms with Crippen LogP contribution in [0.4, 0.5) is 4.39 Å². The zero-order valence-electron chi connectivity index (χ0n) is 18.3. The lowest BCUT2D eigenvalue weighted by Gasteiger charge is -2.39. The minimum Gasteiger partial charge on any atom is -0.411 e. The lowest BCUT2D eigenvalue weighted by atomic mass is 10.0. The van der Waals surface area contributed by atoms with Crippen molar-refractivity contribution in [1.29, 1.82) is 0 Å². The highest BCUT2D eigenvalue weighted by atomic mass is 79.9. The van der Waals surface area contributed by atoms with Crippen molar-refractivity contribution < 1.29 is 13.0 Å². The molecule has 1 atom stereocenters. The van der Waals surface area contributed by atoms with Crippen molar-refractivity contribution in [2.75, 3.05) is 0 Å². The average Bonchev–Trinajstić information content (AvgIpc) is 3.25. The van der Waals surface area contributed by atoms with Crippen LogP contribution in [0.3, 0.4) is 0 Å². The van der Waals surface area contributed by atoms with E-state index in [0.717, 1.165) is 17.3 Å². The average molecular weight is 491 g/mol. The molecule has 1 aromatic rings. The number of benzene rings is 1. The molecule has 0 saturated heterocycles. The third kappa shape index (κ3) is 5.83. The van der Waals surface area contributed by atoms with Gasteiger partial charge in [-0.1, -0.05) is 36.7 Å². The van der Waals surface area contributed by atoms with Crippen molar-refractivity contribution in [1.82, 2.24) is 0 Å². The molecule has 0 N–H and O–H groups in total. The van der Waals surface area contributed by atoms with E-state index in [1.165, 1.54) is 6.07 Å². The zero-order chi connectivity index (χ0) is 21.5. The quantitative estimate of drug-likeness (QED) is 0.326. The Bertz CT molecular complexity index is 793. The van der Waals surface area contributed by atoms with Crippen molar-refractivity contribution in [3.05, 3.63) is 34.1 Å². The van der Waals surface area contributed by atoms with E-state index in [0.29, 0.717) is 17.7 Å². The largest absolute Gasteiger partial charge is 0.411 e.